The van der Waals surface area contributed by atoms with E-state index >= 15 is 0 Å². The molecule has 1 aromatic carbocycles. The van der Waals surface area contributed by atoms with E-state index in [0.29, 0.717) is 12.3 Å². The molecule has 0 radical (unpaired) electrons. The fourth-order valence-corrected chi connectivity index (χ4v) is 5.28. The summed E-state index contributed by atoms with van der Waals surface area (Å²) in [7, 11) is 0. The topological polar surface area (TPSA) is 96.5 Å². The fraction of sp³-hybridized carbons (Fsp3) is 0.474. The Labute approximate surface area is 169 Å². The van der Waals surface area contributed by atoms with Gasteiger partial charge in [0.1, 0.15) is 0 Å². The second kappa shape index (κ2) is 8.85. The molecule has 0 unspecified atom stereocenters. The molecule has 0 spiro atoms. The van der Waals surface area contributed by atoms with Crippen LogP contribution in [0.3, 0.4) is 0 Å². The molecule has 0 saturated carbocycles. The Morgan fingerprint density at radius 2 is 2.14 bits per heavy atom. The van der Waals surface area contributed by atoms with Gasteiger partial charge in [-0.3, -0.25) is 0 Å². The molecule has 1 fully saturated rings. The molecule has 0 amide bonds. The first-order chi connectivity index (χ1) is 13.3. The predicted octanol–water partition coefficient (Wildman–Crippen LogP) is 2.37. The van der Waals surface area contributed by atoms with E-state index in [2.05, 4.69) is 4.98 Å². The van der Waals surface area contributed by atoms with Crippen molar-refractivity contribution in [1.29, 1.82) is 0 Å². The Bertz CT molecular complexity index is 915. The van der Waals surface area contributed by atoms with E-state index in [1.807, 2.05) is 26.8 Å². The number of benzene rings is 1. The molecule has 9 heteroatoms. The number of aryl methyl sites for hydroxylation is 1. The van der Waals surface area contributed by atoms with Crippen molar-refractivity contribution in [1.82, 2.24) is 9.55 Å². The summed E-state index contributed by atoms with van der Waals surface area (Å²) in [6.45, 7) is 5.62. The maximum absolute atomic E-state index is 12.4. The molecule has 3 rings (SSSR count). The maximum atomic E-state index is 12.4. The summed E-state index contributed by atoms with van der Waals surface area (Å²) < 4.78 is 13.9. The van der Waals surface area contributed by atoms with E-state index in [0.717, 1.165) is 21.8 Å². The number of nitro benzene ring substituents is 1. The second-order valence-corrected chi connectivity index (χ2v) is 9.14. The molecule has 0 aliphatic carbocycles. The van der Waals surface area contributed by atoms with Gasteiger partial charge in [0.15, 0.2) is 0 Å². The summed E-state index contributed by atoms with van der Waals surface area (Å²) in [6.07, 6.45) is 2.80. The van der Waals surface area contributed by atoms with E-state index in [4.69, 9.17) is 9.47 Å². The van der Waals surface area contributed by atoms with E-state index in [9.17, 15) is 14.9 Å². The van der Waals surface area contributed by atoms with Crippen molar-refractivity contribution < 1.29 is 14.4 Å². The zero-order chi connectivity index (χ0) is 20.3. The van der Waals surface area contributed by atoms with Gasteiger partial charge < -0.3 is 0 Å². The van der Waals surface area contributed by atoms with E-state index in [-0.39, 0.29) is 44.0 Å². The van der Waals surface area contributed by atoms with E-state index < -0.39 is 5.69 Å². The third-order valence-corrected chi connectivity index (χ3v) is 6.82. The SMILES string of the molecule is Cc1cn([C@H]2CC[C@@H](C[Se]c3ccccc3[N+](=O)[O-])O2)c(=O)nc1OC(C)C. The molecule has 8 nitrogen and oxygen atoms in total. The number of nitrogens with zero attached hydrogens (tertiary/aromatic N) is 3. The molecule has 0 bridgehead atoms. The van der Waals surface area contributed by atoms with Gasteiger partial charge in [-0.15, -0.1) is 0 Å². The number of nitro groups is 1. The minimum absolute atomic E-state index is 0.0244. The molecule has 2 aromatic rings. The number of hydrogen-bond donors (Lipinski definition) is 0. The van der Waals surface area contributed by atoms with Crippen LogP contribution in [0, 0.1) is 17.0 Å². The van der Waals surface area contributed by atoms with Crippen LogP contribution in [-0.4, -0.2) is 41.6 Å². The monoisotopic (exact) mass is 453 g/mol. The number of para-hydroxylation sites is 1. The van der Waals surface area contributed by atoms with Crippen LogP contribution in [0.15, 0.2) is 35.3 Å². The van der Waals surface area contributed by atoms with Crippen LogP contribution in [0.5, 0.6) is 5.88 Å². The van der Waals surface area contributed by atoms with Gasteiger partial charge in [-0.25, -0.2) is 0 Å². The molecule has 1 saturated heterocycles. The molecule has 2 atom stereocenters. The first kappa shape index (κ1) is 20.5. The van der Waals surface area contributed by atoms with Gasteiger partial charge in [0, 0.05) is 0 Å². The first-order valence-corrected chi connectivity index (χ1v) is 11.2. The Hall–Kier alpha value is -2.22. The van der Waals surface area contributed by atoms with Gasteiger partial charge in [0.2, 0.25) is 0 Å². The zero-order valence-electron chi connectivity index (χ0n) is 16.0. The van der Waals surface area contributed by atoms with Crippen LogP contribution >= 0.6 is 0 Å². The van der Waals surface area contributed by atoms with E-state index in [1.54, 1.807) is 18.3 Å². The van der Waals surface area contributed by atoms with Crippen LogP contribution in [0.4, 0.5) is 5.69 Å². The molecule has 150 valence electrons. The Morgan fingerprint density at radius 3 is 2.86 bits per heavy atom. The molecule has 2 heterocycles. The Kier molecular flexibility index (Phi) is 6.49. The number of aromatic nitrogens is 2. The van der Waals surface area contributed by atoms with Crippen LogP contribution in [0.2, 0.25) is 5.32 Å². The fourth-order valence-electron chi connectivity index (χ4n) is 3.03. The molecule has 1 aliphatic rings. The van der Waals surface area contributed by atoms with Gasteiger partial charge in [0.05, 0.1) is 0 Å². The molecule has 1 aliphatic heterocycles. The normalized spacial score (nSPS) is 19.1. The average molecular weight is 452 g/mol. The van der Waals surface area contributed by atoms with Crippen molar-refractivity contribution in [3.8, 4) is 5.88 Å². The average Bonchev–Trinajstić information content (AvgIpc) is 3.11. The van der Waals surface area contributed by atoms with Crippen LogP contribution in [0.25, 0.3) is 0 Å². The summed E-state index contributed by atoms with van der Waals surface area (Å²) >= 11 is -0.0721. The van der Waals surface area contributed by atoms with Crippen molar-refractivity contribution in [3.05, 3.63) is 56.6 Å². The molecule has 28 heavy (non-hydrogen) atoms. The quantitative estimate of drug-likeness (QED) is 0.364. The van der Waals surface area contributed by atoms with Crippen molar-refractivity contribution in [2.75, 3.05) is 0 Å². The summed E-state index contributed by atoms with van der Waals surface area (Å²) in [5.41, 5.74) is 0.550. The molecule has 0 N–H and O–H groups in total. The predicted molar refractivity (Wildman–Crippen MR) is 105 cm³/mol. The van der Waals surface area contributed by atoms with Crippen molar-refractivity contribution in [2.45, 2.75) is 57.4 Å². The van der Waals surface area contributed by atoms with Gasteiger partial charge in [-0.05, 0) is 0 Å². The van der Waals surface area contributed by atoms with Gasteiger partial charge in [0.25, 0.3) is 0 Å². The number of ether oxygens (including phenoxy) is 2. The standard InChI is InChI=1S/C19H23N3O5Se/c1-12(2)26-18-13(3)10-21(19(23)20-18)17-9-8-14(27-17)11-28-16-7-5-4-6-15(16)22(24)25/h4-7,10,12,14,17H,8-9,11H2,1-3H3/t14-,17+/m0/s1. The third-order valence-electron chi connectivity index (χ3n) is 4.32. The van der Waals surface area contributed by atoms with Gasteiger partial charge in [-0.2, -0.15) is 0 Å². The minimum atomic E-state index is -0.392. The summed E-state index contributed by atoms with van der Waals surface area (Å²) in [5.74, 6) is 0.352. The summed E-state index contributed by atoms with van der Waals surface area (Å²) in [4.78, 5) is 27.2. The first-order valence-electron chi connectivity index (χ1n) is 9.13. The zero-order valence-corrected chi connectivity index (χ0v) is 17.7. The Morgan fingerprint density at radius 1 is 1.39 bits per heavy atom. The van der Waals surface area contributed by atoms with Crippen LogP contribution in [-0.2, 0) is 4.74 Å². The van der Waals surface area contributed by atoms with Crippen LogP contribution in [0.1, 0.15) is 38.5 Å². The summed E-state index contributed by atoms with van der Waals surface area (Å²) in [6, 6.07) is 6.82. The number of rotatable bonds is 7. The van der Waals surface area contributed by atoms with Crippen molar-refractivity contribution >= 4 is 25.1 Å². The molecular formula is C19H23N3O5Se. The Balaban J connectivity index is 1.65. The van der Waals surface area contributed by atoms with Gasteiger partial charge >= 0.3 is 169 Å². The van der Waals surface area contributed by atoms with E-state index in [1.165, 1.54) is 10.6 Å². The van der Waals surface area contributed by atoms with Crippen LogP contribution < -0.4 is 14.9 Å². The van der Waals surface area contributed by atoms with Crippen molar-refractivity contribution in [2.24, 2.45) is 0 Å². The van der Waals surface area contributed by atoms with Crippen molar-refractivity contribution in [3.63, 3.8) is 0 Å². The second-order valence-electron chi connectivity index (χ2n) is 6.91. The molecular weight excluding hydrogens is 429 g/mol. The molecule has 1 aromatic heterocycles. The third kappa shape index (κ3) is 4.79. The summed E-state index contributed by atoms with van der Waals surface area (Å²) in [5, 5.41) is 11.9. The van der Waals surface area contributed by atoms with Gasteiger partial charge in [-0.1, -0.05) is 0 Å². The number of hydrogen-bond acceptors (Lipinski definition) is 6.